The van der Waals surface area contributed by atoms with Crippen molar-refractivity contribution in [2.75, 3.05) is 6.54 Å². The van der Waals surface area contributed by atoms with Gasteiger partial charge in [-0.1, -0.05) is 13.3 Å². The fourth-order valence-electron chi connectivity index (χ4n) is 3.01. The third kappa shape index (κ3) is 4.10. The lowest BCUT2D eigenvalue weighted by atomic mass is 9.89. The Hall–Kier alpha value is -1.29. The van der Waals surface area contributed by atoms with Gasteiger partial charge in [0.15, 0.2) is 0 Å². The highest BCUT2D eigenvalue weighted by molar-refractivity contribution is 5.82. The molecule has 4 heteroatoms. The molecule has 4 nitrogen and oxygen atoms in total. The minimum Gasteiger partial charge on any atom is -0.464 e. The molecule has 1 aromatic heterocycles. The Morgan fingerprint density at radius 1 is 1.48 bits per heavy atom. The first-order valence-corrected chi connectivity index (χ1v) is 8.10. The van der Waals surface area contributed by atoms with Crippen molar-refractivity contribution in [3.8, 4) is 0 Å². The Kier molecular flexibility index (Phi) is 5.45. The van der Waals surface area contributed by atoms with E-state index in [1.165, 1.54) is 6.42 Å². The number of furan rings is 1. The van der Waals surface area contributed by atoms with Crippen LogP contribution in [0.1, 0.15) is 51.6 Å². The molecule has 0 radical (unpaired) electrons. The van der Waals surface area contributed by atoms with E-state index in [0.29, 0.717) is 12.5 Å². The van der Waals surface area contributed by atoms with Gasteiger partial charge in [-0.3, -0.25) is 4.79 Å². The van der Waals surface area contributed by atoms with E-state index >= 15 is 0 Å². The van der Waals surface area contributed by atoms with E-state index in [0.717, 1.165) is 30.9 Å². The van der Waals surface area contributed by atoms with E-state index in [1.54, 1.807) is 0 Å². The zero-order valence-electron chi connectivity index (χ0n) is 13.7. The van der Waals surface area contributed by atoms with Crippen molar-refractivity contribution < 1.29 is 9.21 Å². The molecule has 0 bridgehead atoms. The maximum Gasteiger partial charge on any atom is 0.240 e. The number of nitrogens with zero attached hydrogens (tertiary/aromatic N) is 1. The van der Waals surface area contributed by atoms with Crippen LogP contribution in [-0.4, -0.2) is 29.4 Å². The lowest BCUT2D eigenvalue weighted by molar-refractivity contribution is -0.137. The molecule has 2 unspecified atom stereocenters. The summed E-state index contributed by atoms with van der Waals surface area (Å²) in [5.74, 6) is 2.62. The molecule has 1 aliphatic rings. The van der Waals surface area contributed by atoms with E-state index < -0.39 is 0 Å². The lowest BCUT2D eigenvalue weighted by Crippen LogP contribution is -2.51. The van der Waals surface area contributed by atoms with Crippen LogP contribution in [0.25, 0.3) is 0 Å². The van der Waals surface area contributed by atoms with Crippen molar-refractivity contribution in [2.45, 2.75) is 65.6 Å². The second-order valence-corrected chi connectivity index (χ2v) is 6.38. The van der Waals surface area contributed by atoms with Gasteiger partial charge in [0.05, 0.1) is 12.6 Å². The molecule has 0 saturated carbocycles. The van der Waals surface area contributed by atoms with E-state index in [1.807, 2.05) is 24.0 Å². The monoisotopic (exact) mass is 292 g/mol. The van der Waals surface area contributed by atoms with E-state index in [2.05, 4.69) is 26.1 Å². The number of nitrogens with one attached hydrogen (secondary N) is 1. The first-order chi connectivity index (χ1) is 10.0. The highest BCUT2D eigenvalue weighted by Crippen LogP contribution is 2.22. The quantitative estimate of drug-likeness (QED) is 0.907. The number of piperidine rings is 1. The predicted octanol–water partition coefficient (Wildman–Crippen LogP) is 3.10. The van der Waals surface area contributed by atoms with Crippen LogP contribution in [0.2, 0.25) is 0 Å². The van der Waals surface area contributed by atoms with Crippen molar-refractivity contribution >= 4 is 5.91 Å². The Morgan fingerprint density at radius 3 is 2.81 bits per heavy atom. The summed E-state index contributed by atoms with van der Waals surface area (Å²) in [6, 6.07) is 4.04. The summed E-state index contributed by atoms with van der Waals surface area (Å²) in [7, 11) is 0. The third-order valence-electron chi connectivity index (χ3n) is 4.42. The summed E-state index contributed by atoms with van der Waals surface area (Å²) in [5.41, 5.74) is 0. The molecule has 2 heterocycles. The zero-order valence-corrected chi connectivity index (χ0v) is 13.7. The lowest BCUT2D eigenvalue weighted by Gasteiger charge is -2.34. The Balaban J connectivity index is 2.04. The summed E-state index contributed by atoms with van der Waals surface area (Å²) in [6.45, 7) is 9.77. The largest absolute Gasteiger partial charge is 0.464 e. The second-order valence-electron chi connectivity index (χ2n) is 6.38. The number of amides is 1. The summed E-state index contributed by atoms with van der Waals surface area (Å²) < 4.78 is 5.63. The summed E-state index contributed by atoms with van der Waals surface area (Å²) in [4.78, 5) is 14.8. The van der Waals surface area contributed by atoms with Crippen LogP contribution in [0.4, 0.5) is 0 Å². The van der Waals surface area contributed by atoms with Crippen LogP contribution < -0.4 is 5.32 Å². The first kappa shape index (κ1) is 16.1. The highest BCUT2D eigenvalue weighted by Gasteiger charge is 2.30. The number of aryl methyl sites for hydroxylation is 1. The van der Waals surface area contributed by atoms with Crippen molar-refractivity contribution in [3.05, 3.63) is 23.7 Å². The number of rotatable bonds is 5. The molecule has 1 aliphatic heterocycles. The number of carbonyl (C=O) groups excluding carboxylic acids is 1. The first-order valence-electron chi connectivity index (χ1n) is 8.10. The molecule has 0 spiro atoms. The number of hydrogen-bond acceptors (Lipinski definition) is 3. The zero-order chi connectivity index (χ0) is 15.4. The van der Waals surface area contributed by atoms with Crippen molar-refractivity contribution in [1.29, 1.82) is 0 Å². The molecule has 0 aliphatic carbocycles. The van der Waals surface area contributed by atoms with Gasteiger partial charge in [0.1, 0.15) is 11.5 Å². The summed E-state index contributed by atoms with van der Waals surface area (Å²) in [5, 5.41) is 3.39. The van der Waals surface area contributed by atoms with Gasteiger partial charge in [-0.15, -0.1) is 0 Å². The SMILES string of the molecule is CCC1CCNC(C(=O)N(Cc2ccc(C)o2)C(C)C)C1. The molecule has 1 saturated heterocycles. The highest BCUT2D eigenvalue weighted by atomic mass is 16.3. The van der Waals surface area contributed by atoms with Crippen molar-refractivity contribution in [2.24, 2.45) is 5.92 Å². The van der Waals surface area contributed by atoms with E-state index in [-0.39, 0.29) is 18.0 Å². The molecule has 1 amide bonds. The summed E-state index contributed by atoms with van der Waals surface area (Å²) >= 11 is 0. The van der Waals surface area contributed by atoms with Crippen LogP contribution in [0.15, 0.2) is 16.5 Å². The molecule has 118 valence electrons. The smallest absolute Gasteiger partial charge is 0.240 e. The molecule has 2 atom stereocenters. The van der Waals surface area contributed by atoms with Crippen LogP contribution in [0, 0.1) is 12.8 Å². The minimum absolute atomic E-state index is 0.0397. The molecule has 2 rings (SSSR count). The van der Waals surface area contributed by atoms with Crippen molar-refractivity contribution in [3.63, 3.8) is 0 Å². The van der Waals surface area contributed by atoms with Gasteiger partial charge in [0.25, 0.3) is 0 Å². The van der Waals surface area contributed by atoms with Gasteiger partial charge < -0.3 is 14.6 Å². The Labute approximate surface area is 127 Å². The van der Waals surface area contributed by atoms with Crippen LogP contribution in [0.3, 0.4) is 0 Å². The maximum atomic E-state index is 12.8. The van der Waals surface area contributed by atoms with Gasteiger partial charge in [-0.2, -0.15) is 0 Å². The van der Waals surface area contributed by atoms with Gasteiger partial charge >= 0.3 is 0 Å². The molecule has 21 heavy (non-hydrogen) atoms. The number of hydrogen-bond donors (Lipinski definition) is 1. The molecular weight excluding hydrogens is 264 g/mol. The Bertz CT molecular complexity index is 467. The van der Waals surface area contributed by atoms with Crippen molar-refractivity contribution in [1.82, 2.24) is 10.2 Å². The molecular formula is C17H28N2O2. The van der Waals surface area contributed by atoms with Gasteiger partial charge in [-0.05, 0) is 58.2 Å². The molecule has 1 N–H and O–H groups in total. The standard InChI is InChI=1S/C17H28N2O2/c1-5-14-8-9-18-16(10-14)17(20)19(12(2)3)11-15-7-6-13(4)21-15/h6-7,12,14,16,18H,5,8-11H2,1-4H3. The number of carbonyl (C=O) groups is 1. The summed E-state index contributed by atoms with van der Waals surface area (Å²) in [6.07, 6.45) is 3.29. The van der Waals surface area contributed by atoms with E-state index in [4.69, 9.17) is 4.42 Å². The topological polar surface area (TPSA) is 45.5 Å². The van der Waals surface area contributed by atoms with Gasteiger partial charge in [0.2, 0.25) is 5.91 Å². The molecule has 1 fully saturated rings. The fourth-order valence-corrected chi connectivity index (χ4v) is 3.01. The maximum absolute atomic E-state index is 12.8. The molecule has 0 aromatic carbocycles. The van der Waals surface area contributed by atoms with Gasteiger partial charge in [0, 0.05) is 6.04 Å². The second kappa shape index (κ2) is 7.12. The Morgan fingerprint density at radius 2 is 2.24 bits per heavy atom. The minimum atomic E-state index is -0.0397. The average Bonchev–Trinajstić information content (AvgIpc) is 2.89. The molecule has 1 aromatic rings. The van der Waals surface area contributed by atoms with Crippen LogP contribution in [0.5, 0.6) is 0 Å². The van der Waals surface area contributed by atoms with Crippen LogP contribution >= 0.6 is 0 Å². The van der Waals surface area contributed by atoms with Gasteiger partial charge in [-0.25, -0.2) is 0 Å². The average molecular weight is 292 g/mol. The van der Waals surface area contributed by atoms with Crippen LogP contribution in [-0.2, 0) is 11.3 Å². The van der Waals surface area contributed by atoms with E-state index in [9.17, 15) is 4.79 Å². The third-order valence-corrected chi connectivity index (χ3v) is 4.42. The fraction of sp³-hybridized carbons (Fsp3) is 0.706. The predicted molar refractivity (Wildman–Crippen MR) is 83.9 cm³/mol. The normalized spacial score (nSPS) is 22.5.